The summed E-state index contributed by atoms with van der Waals surface area (Å²) in [5.41, 5.74) is 1.82. The summed E-state index contributed by atoms with van der Waals surface area (Å²) in [5, 5.41) is 5.39. The molecule has 0 aliphatic carbocycles. The van der Waals surface area contributed by atoms with E-state index >= 15 is 0 Å². The smallest absolute Gasteiger partial charge is 0.254 e. The van der Waals surface area contributed by atoms with E-state index < -0.39 is 0 Å². The van der Waals surface area contributed by atoms with Gasteiger partial charge in [-0.3, -0.25) is 14.4 Å². The second-order valence-corrected chi connectivity index (χ2v) is 8.65. The van der Waals surface area contributed by atoms with Crippen LogP contribution in [-0.4, -0.2) is 67.7 Å². The van der Waals surface area contributed by atoms with Crippen LogP contribution in [0.15, 0.2) is 42.5 Å². The summed E-state index contributed by atoms with van der Waals surface area (Å²) < 4.78 is 16.7. The third kappa shape index (κ3) is 7.45. The highest BCUT2D eigenvalue weighted by molar-refractivity contribution is 5.97. The van der Waals surface area contributed by atoms with Gasteiger partial charge in [-0.2, -0.15) is 0 Å². The van der Waals surface area contributed by atoms with Crippen molar-refractivity contribution in [2.24, 2.45) is 0 Å². The van der Waals surface area contributed by atoms with Gasteiger partial charge in [0, 0.05) is 30.8 Å². The summed E-state index contributed by atoms with van der Waals surface area (Å²) in [6, 6.07) is 12.1. The lowest BCUT2D eigenvalue weighted by Crippen LogP contribution is -2.48. The highest BCUT2D eigenvalue weighted by Gasteiger charge is 2.26. The molecule has 0 aromatic heterocycles. The lowest BCUT2D eigenvalue weighted by molar-refractivity contribution is -0.120. The number of carbonyl (C=O) groups excluding carboxylic acids is 3. The molecule has 2 aromatic rings. The lowest BCUT2D eigenvalue weighted by Gasteiger charge is -2.35. The van der Waals surface area contributed by atoms with Crippen molar-refractivity contribution in [3.63, 3.8) is 0 Å². The third-order valence-electron chi connectivity index (χ3n) is 5.61. The van der Waals surface area contributed by atoms with E-state index in [0.717, 1.165) is 5.56 Å². The zero-order valence-electron chi connectivity index (χ0n) is 21.3. The lowest BCUT2D eigenvalue weighted by atomic mass is 10.1. The molecule has 2 unspecified atom stereocenters. The summed E-state index contributed by atoms with van der Waals surface area (Å²) >= 11 is 0. The van der Waals surface area contributed by atoms with Gasteiger partial charge in [-0.05, 0) is 63.6 Å². The molecule has 1 aliphatic heterocycles. The van der Waals surface area contributed by atoms with Gasteiger partial charge >= 0.3 is 0 Å². The van der Waals surface area contributed by atoms with E-state index in [1.165, 1.54) is 0 Å². The summed E-state index contributed by atoms with van der Waals surface area (Å²) in [4.78, 5) is 39.3. The van der Waals surface area contributed by atoms with Gasteiger partial charge in [-0.15, -0.1) is 0 Å². The molecule has 3 rings (SSSR count). The van der Waals surface area contributed by atoms with Crippen LogP contribution < -0.4 is 20.1 Å². The molecule has 194 valence electrons. The van der Waals surface area contributed by atoms with E-state index in [-0.39, 0.29) is 43.0 Å². The predicted molar refractivity (Wildman–Crippen MR) is 135 cm³/mol. The molecule has 3 amide bonds. The first-order valence-electron chi connectivity index (χ1n) is 12.3. The number of ether oxygens (including phenoxy) is 3. The van der Waals surface area contributed by atoms with E-state index in [1.807, 2.05) is 39.8 Å². The molecule has 0 saturated carbocycles. The van der Waals surface area contributed by atoms with Crippen molar-refractivity contribution >= 4 is 17.7 Å². The Bertz CT molecular complexity index is 1050. The van der Waals surface area contributed by atoms with E-state index in [1.54, 1.807) is 35.2 Å². The standard InChI is InChI=1S/C27H35N3O6/c1-5-34-23-12-11-22(13-24(23)35-6-2)26(32)29-15-25(31)28-14-20-7-9-21(10-8-20)27(33)30-16-18(3)36-19(4)17-30/h7-13,18-19H,5-6,14-17H2,1-4H3,(H,28,31)(H,29,32). The molecule has 9 heteroatoms. The minimum absolute atomic E-state index is 0.00818. The highest BCUT2D eigenvalue weighted by atomic mass is 16.5. The molecule has 0 radical (unpaired) electrons. The normalized spacial score (nSPS) is 17.3. The fourth-order valence-electron chi connectivity index (χ4n) is 4.01. The van der Waals surface area contributed by atoms with E-state index in [0.29, 0.717) is 48.9 Å². The van der Waals surface area contributed by atoms with Gasteiger partial charge in [-0.1, -0.05) is 12.1 Å². The van der Waals surface area contributed by atoms with Gasteiger partial charge in [0.25, 0.3) is 11.8 Å². The topological polar surface area (TPSA) is 106 Å². The Balaban J connectivity index is 1.47. The Morgan fingerprint density at radius 2 is 1.50 bits per heavy atom. The molecule has 0 spiro atoms. The third-order valence-corrected chi connectivity index (χ3v) is 5.61. The molecule has 2 atom stereocenters. The fraction of sp³-hybridized carbons (Fsp3) is 0.444. The van der Waals surface area contributed by atoms with Crippen LogP contribution in [0.1, 0.15) is 54.0 Å². The Hall–Kier alpha value is -3.59. The van der Waals surface area contributed by atoms with Crippen LogP contribution in [0.2, 0.25) is 0 Å². The molecular weight excluding hydrogens is 462 g/mol. The van der Waals surface area contributed by atoms with Crippen molar-refractivity contribution in [3.05, 3.63) is 59.2 Å². The summed E-state index contributed by atoms with van der Waals surface area (Å²) in [7, 11) is 0. The van der Waals surface area contributed by atoms with Crippen LogP contribution in [0.3, 0.4) is 0 Å². The quantitative estimate of drug-likeness (QED) is 0.523. The molecule has 1 saturated heterocycles. The summed E-state index contributed by atoms with van der Waals surface area (Å²) in [5.74, 6) is 0.308. The van der Waals surface area contributed by atoms with Crippen LogP contribution >= 0.6 is 0 Å². The van der Waals surface area contributed by atoms with Gasteiger partial charge < -0.3 is 29.7 Å². The minimum Gasteiger partial charge on any atom is -0.490 e. The number of amides is 3. The van der Waals surface area contributed by atoms with E-state index in [4.69, 9.17) is 14.2 Å². The fourth-order valence-corrected chi connectivity index (χ4v) is 4.01. The largest absolute Gasteiger partial charge is 0.490 e. The van der Waals surface area contributed by atoms with Crippen LogP contribution in [0.4, 0.5) is 0 Å². The van der Waals surface area contributed by atoms with Gasteiger partial charge in [0.2, 0.25) is 5.91 Å². The molecule has 9 nitrogen and oxygen atoms in total. The zero-order valence-corrected chi connectivity index (χ0v) is 21.3. The van der Waals surface area contributed by atoms with Crippen molar-refractivity contribution in [1.82, 2.24) is 15.5 Å². The number of benzene rings is 2. The van der Waals surface area contributed by atoms with Crippen LogP contribution in [0.5, 0.6) is 11.5 Å². The van der Waals surface area contributed by atoms with Gasteiger partial charge in [-0.25, -0.2) is 0 Å². The number of hydrogen-bond donors (Lipinski definition) is 2. The summed E-state index contributed by atoms with van der Waals surface area (Å²) in [6.07, 6.45) is 0.0164. The Labute approximate surface area is 212 Å². The number of morpholine rings is 1. The first-order chi connectivity index (χ1) is 17.3. The monoisotopic (exact) mass is 497 g/mol. The number of nitrogens with one attached hydrogen (secondary N) is 2. The Kier molecular flexibility index (Phi) is 9.69. The minimum atomic E-state index is -0.385. The van der Waals surface area contributed by atoms with Gasteiger partial charge in [0.05, 0.1) is 32.0 Å². The Morgan fingerprint density at radius 3 is 2.14 bits per heavy atom. The molecule has 36 heavy (non-hydrogen) atoms. The predicted octanol–water partition coefficient (Wildman–Crippen LogP) is 2.78. The molecular formula is C27H35N3O6. The molecule has 0 bridgehead atoms. The maximum absolute atomic E-state index is 12.8. The SMILES string of the molecule is CCOc1ccc(C(=O)NCC(=O)NCc2ccc(C(=O)N3CC(C)OC(C)C3)cc2)cc1OCC. The molecule has 1 fully saturated rings. The molecule has 1 heterocycles. The summed E-state index contributed by atoms with van der Waals surface area (Å²) in [6.45, 7) is 9.81. The first kappa shape index (κ1) is 27.0. The van der Waals surface area contributed by atoms with Gasteiger partial charge in [0.1, 0.15) is 0 Å². The van der Waals surface area contributed by atoms with Crippen LogP contribution in [-0.2, 0) is 16.1 Å². The first-order valence-corrected chi connectivity index (χ1v) is 12.3. The van der Waals surface area contributed by atoms with E-state index in [9.17, 15) is 14.4 Å². The van der Waals surface area contributed by atoms with E-state index in [2.05, 4.69) is 10.6 Å². The maximum atomic E-state index is 12.8. The van der Waals surface area contributed by atoms with Crippen LogP contribution in [0.25, 0.3) is 0 Å². The zero-order chi connectivity index (χ0) is 26.1. The van der Waals surface area contributed by atoms with Crippen molar-refractivity contribution in [2.45, 2.75) is 46.4 Å². The number of carbonyl (C=O) groups is 3. The van der Waals surface area contributed by atoms with Crippen molar-refractivity contribution in [3.8, 4) is 11.5 Å². The number of nitrogens with zero attached hydrogens (tertiary/aromatic N) is 1. The van der Waals surface area contributed by atoms with Crippen molar-refractivity contribution < 1.29 is 28.6 Å². The molecule has 1 aliphatic rings. The van der Waals surface area contributed by atoms with Crippen LogP contribution in [0, 0.1) is 0 Å². The second kappa shape index (κ2) is 12.9. The number of rotatable bonds is 10. The molecule has 2 N–H and O–H groups in total. The second-order valence-electron chi connectivity index (χ2n) is 8.65. The maximum Gasteiger partial charge on any atom is 0.254 e. The van der Waals surface area contributed by atoms with Crippen molar-refractivity contribution in [1.29, 1.82) is 0 Å². The number of hydrogen-bond acceptors (Lipinski definition) is 6. The average Bonchev–Trinajstić information content (AvgIpc) is 2.86. The average molecular weight is 498 g/mol. The molecule has 2 aromatic carbocycles. The van der Waals surface area contributed by atoms with Crippen molar-refractivity contribution in [2.75, 3.05) is 32.8 Å². The Morgan fingerprint density at radius 1 is 0.889 bits per heavy atom. The highest BCUT2D eigenvalue weighted by Crippen LogP contribution is 2.28. The van der Waals surface area contributed by atoms with Gasteiger partial charge in [0.15, 0.2) is 11.5 Å².